The van der Waals surface area contributed by atoms with Gasteiger partial charge in [0, 0.05) is 12.6 Å². The van der Waals surface area contributed by atoms with Crippen LogP contribution in [0.15, 0.2) is 23.1 Å². The molecule has 1 aromatic rings. The maximum Gasteiger partial charge on any atom is 0.338 e. The molecule has 1 aromatic carbocycles. The number of sulfonamides is 1. The first-order valence-electron chi connectivity index (χ1n) is 6.86. The number of rotatable bonds is 4. The second-order valence-corrected chi connectivity index (χ2v) is 6.85. The van der Waals surface area contributed by atoms with Gasteiger partial charge in [-0.2, -0.15) is 0 Å². The van der Waals surface area contributed by atoms with E-state index in [0.29, 0.717) is 17.7 Å². The minimum atomic E-state index is -3.57. The van der Waals surface area contributed by atoms with Crippen molar-refractivity contribution in [3.63, 3.8) is 0 Å². The summed E-state index contributed by atoms with van der Waals surface area (Å²) in [5, 5.41) is 3.16. The number of esters is 1. The fourth-order valence-electron chi connectivity index (χ4n) is 2.38. The number of hydrogen-bond donors (Lipinski definition) is 2. The lowest BCUT2D eigenvalue weighted by Gasteiger charge is -2.23. The Morgan fingerprint density at radius 2 is 2.19 bits per heavy atom. The highest BCUT2D eigenvalue weighted by Crippen LogP contribution is 2.17. The molecule has 21 heavy (non-hydrogen) atoms. The molecule has 1 fully saturated rings. The quantitative estimate of drug-likeness (QED) is 0.804. The maximum atomic E-state index is 12.3. The lowest BCUT2D eigenvalue weighted by molar-refractivity contribution is 0.0600. The number of carbonyl (C=O) groups is 1. The van der Waals surface area contributed by atoms with Crippen molar-refractivity contribution in [2.24, 2.45) is 0 Å². The molecule has 0 spiro atoms. The molecule has 1 aliphatic heterocycles. The third kappa shape index (κ3) is 3.81. The second kappa shape index (κ2) is 6.55. The summed E-state index contributed by atoms with van der Waals surface area (Å²) in [4.78, 5) is 11.7. The number of nitrogens with one attached hydrogen (secondary N) is 2. The van der Waals surface area contributed by atoms with Gasteiger partial charge in [-0.15, -0.1) is 0 Å². The highest BCUT2D eigenvalue weighted by atomic mass is 32.2. The summed E-state index contributed by atoms with van der Waals surface area (Å²) in [6.07, 6.45) is 1.78. The monoisotopic (exact) mass is 312 g/mol. The lowest BCUT2D eigenvalue weighted by Crippen LogP contribution is -2.45. The van der Waals surface area contributed by atoms with Crippen molar-refractivity contribution in [2.45, 2.75) is 30.7 Å². The van der Waals surface area contributed by atoms with Gasteiger partial charge in [-0.3, -0.25) is 0 Å². The molecule has 1 aliphatic rings. The lowest BCUT2D eigenvalue weighted by atomic mass is 10.1. The third-order valence-electron chi connectivity index (χ3n) is 3.53. The molecule has 0 bridgehead atoms. The molecule has 1 heterocycles. The summed E-state index contributed by atoms with van der Waals surface area (Å²) in [7, 11) is -2.28. The number of piperidine rings is 1. The van der Waals surface area contributed by atoms with E-state index < -0.39 is 16.0 Å². The Balaban J connectivity index is 2.20. The van der Waals surface area contributed by atoms with Crippen LogP contribution in [0.4, 0.5) is 0 Å². The normalized spacial score (nSPS) is 19.2. The first-order chi connectivity index (χ1) is 9.94. The molecule has 7 heteroatoms. The van der Waals surface area contributed by atoms with E-state index >= 15 is 0 Å². The maximum absolute atomic E-state index is 12.3. The summed E-state index contributed by atoms with van der Waals surface area (Å²) in [5.41, 5.74) is 0.947. The number of methoxy groups -OCH3 is 1. The van der Waals surface area contributed by atoms with Crippen LogP contribution in [0, 0.1) is 6.92 Å². The van der Waals surface area contributed by atoms with Crippen molar-refractivity contribution < 1.29 is 17.9 Å². The Bertz CT molecular complexity index is 622. The molecule has 1 atom stereocenters. The summed E-state index contributed by atoms with van der Waals surface area (Å²) < 4.78 is 32.0. The fourth-order valence-corrected chi connectivity index (χ4v) is 3.74. The zero-order chi connectivity index (χ0) is 15.5. The number of carbonyl (C=O) groups excluding carboxylic acids is 1. The van der Waals surface area contributed by atoms with E-state index in [4.69, 9.17) is 0 Å². The predicted molar refractivity (Wildman–Crippen MR) is 78.7 cm³/mol. The molecule has 0 aromatic heterocycles. The Hall–Kier alpha value is -1.44. The standard InChI is InChI=1S/C14H20N2O4S/c1-10-8-12(5-6-13(10)14(17)20-2)21(18,19)16-11-4-3-7-15-9-11/h5-6,8,11,15-16H,3-4,7,9H2,1-2H3. The first kappa shape index (κ1) is 15.9. The molecular formula is C14H20N2O4S. The average Bonchev–Trinajstić information content (AvgIpc) is 2.47. The zero-order valence-electron chi connectivity index (χ0n) is 12.2. The van der Waals surface area contributed by atoms with Crippen molar-refractivity contribution >= 4 is 16.0 Å². The molecular weight excluding hydrogens is 292 g/mol. The molecule has 2 rings (SSSR count). The van der Waals surface area contributed by atoms with Gasteiger partial charge >= 0.3 is 5.97 Å². The van der Waals surface area contributed by atoms with Gasteiger partial charge in [0.15, 0.2) is 0 Å². The molecule has 0 saturated carbocycles. The Labute approximate surface area is 124 Å². The van der Waals surface area contributed by atoms with Gasteiger partial charge < -0.3 is 10.1 Å². The Morgan fingerprint density at radius 3 is 2.76 bits per heavy atom. The highest BCUT2D eigenvalue weighted by Gasteiger charge is 2.22. The van der Waals surface area contributed by atoms with E-state index in [0.717, 1.165) is 19.4 Å². The molecule has 116 valence electrons. The molecule has 1 saturated heterocycles. The SMILES string of the molecule is COC(=O)c1ccc(S(=O)(=O)NC2CCCNC2)cc1C. The van der Waals surface area contributed by atoms with Crippen molar-refractivity contribution in [1.29, 1.82) is 0 Å². The number of benzene rings is 1. The summed E-state index contributed by atoms with van der Waals surface area (Å²) in [6.45, 7) is 3.25. The van der Waals surface area contributed by atoms with Crippen molar-refractivity contribution in [3.8, 4) is 0 Å². The van der Waals surface area contributed by atoms with Crippen LogP contribution in [0.25, 0.3) is 0 Å². The van der Waals surface area contributed by atoms with Crippen LogP contribution in [-0.2, 0) is 14.8 Å². The average molecular weight is 312 g/mol. The van der Waals surface area contributed by atoms with E-state index in [9.17, 15) is 13.2 Å². The van der Waals surface area contributed by atoms with Crippen LogP contribution in [0.1, 0.15) is 28.8 Å². The summed E-state index contributed by atoms with van der Waals surface area (Å²) >= 11 is 0. The number of ether oxygens (including phenoxy) is 1. The number of hydrogen-bond acceptors (Lipinski definition) is 5. The minimum Gasteiger partial charge on any atom is -0.465 e. The van der Waals surface area contributed by atoms with E-state index in [2.05, 4.69) is 14.8 Å². The van der Waals surface area contributed by atoms with Crippen LogP contribution < -0.4 is 10.0 Å². The van der Waals surface area contributed by atoms with E-state index in [-0.39, 0.29) is 10.9 Å². The van der Waals surface area contributed by atoms with Crippen LogP contribution in [0.2, 0.25) is 0 Å². The predicted octanol–water partition coefficient (Wildman–Crippen LogP) is 0.812. The Morgan fingerprint density at radius 1 is 1.43 bits per heavy atom. The van der Waals surface area contributed by atoms with Crippen LogP contribution in [0.3, 0.4) is 0 Å². The van der Waals surface area contributed by atoms with Gasteiger partial charge in [-0.25, -0.2) is 17.9 Å². The third-order valence-corrected chi connectivity index (χ3v) is 5.05. The minimum absolute atomic E-state index is 0.0932. The molecule has 0 amide bonds. The van der Waals surface area contributed by atoms with Crippen LogP contribution in [-0.4, -0.2) is 40.6 Å². The van der Waals surface area contributed by atoms with Gasteiger partial charge in [-0.1, -0.05) is 0 Å². The second-order valence-electron chi connectivity index (χ2n) is 5.13. The van der Waals surface area contributed by atoms with Gasteiger partial charge in [0.2, 0.25) is 10.0 Å². The zero-order valence-corrected chi connectivity index (χ0v) is 13.0. The van der Waals surface area contributed by atoms with Crippen molar-refractivity contribution in [1.82, 2.24) is 10.0 Å². The Kier molecular flexibility index (Phi) is 4.97. The van der Waals surface area contributed by atoms with Gasteiger partial charge in [-0.05, 0) is 50.1 Å². The van der Waals surface area contributed by atoms with Gasteiger partial charge in [0.1, 0.15) is 0 Å². The number of aryl methyl sites for hydroxylation is 1. The summed E-state index contributed by atoms with van der Waals surface area (Å²) in [6, 6.07) is 4.31. The van der Waals surface area contributed by atoms with E-state index in [1.54, 1.807) is 6.92 Å². The fraction of sp³-hybridized carbons (Fsp3) is 0.500. The van der Waals surface area contributed by atoms with Gasteiger partial charge in [0.25, 0.3) is 0 Å². The molecule has 0 aliphatic carbocycles. The smallest absolute Gasteiger partial charge is 0.338 e. The van der Waals surface area contributed by atoms with Crippen LogP contribution in [0.5, 0.6) is 0 Å². The van der Waals surface area contributed by atoms with Gasteiger partial charge in [0.05, 0.1) is 17.6 Å². The van der Waals surface area contributed by atoms with Crippen molar-refractivity contribution in [2.75, 3.05) is 20.2 Å². The molecule has 2 N–H and O–H groups in total. The molecule has 0 radical (unpaired) electrons. The first-order valence-corrected chi connectivity index (χ1v) is 8.34. The summed E-state index contributed by atoms with van der Waals surface area (Å²) in [5.74, 6) is -0.471. The largest absolute Gasteiger partial charge is 0.465 e. The van der Waals surface area contributed by atoms with E-state index in [1.165, 1.54) is 25.3 Å². The van der Waals surface area contributed by atoms with Crippen LogP contribution >= 0.6 is 0 Å². The molecule has 1 unspecified atom stereocenters. The highest BCUT2D eigenvalue weighted by molar-refractivity contribution is 7.89. The van der Waals surface area contributed by atoms with Crippen molar-refractivity contribution in [3.05, 3.63) is 29.3 Å². The molecule has 6 nitrogen and oxygen atoms in total. The topological polar surface area (TPSA) is 84.5 Å². The van der Waals surface area contributed by atoms with E-state index in [1.807, 2.05) is 0 Å².